The lowest BCUT2D eigenvalue weighted by atomic mass is 9.77. The fraction of sp³-hybridized carbons (Fsp3) is 0.482. The molecule has 79 heavy (non-hydrogen) atoms. The number of hydrogen-bond acceptors (Lipinski definition) is 16. The van der Waals surface area contributed by atoms with Crippen molar-refractivity contribution in [3.05, 3.63) is 106 Å². The SMILES string of the molecule is CCCCN1C(=CC=CC=CC2=[N+](CCCCCC(=O)CNc3nc(Cl)nc(NCC(=O)O)n3)c3ccc(S(=O)(=O)O)cc3C2(C)C)C(C)(CCCCCC(=O)CCCCCc2nc(Cl)nc(NCC(=O)O)n2)c2ccccc21. The van der Waals surface area contributed by atoms with Crippen LogP contribution in [0.5, 0.6) is 0 Å². The Bertz CT molecular complexity index is 3080. The molecular weight excluding hydrogens is 1070 g/mol. The first-order chi connectivity index (χ1) is 37.7. The molecule has 0 spiro atoms. The third kappa shape index (κ3) is 17.7. The maximum atomic E-state index is 12.9. The van der Waals surface area contributed by atoms with Crippen LogP contribution in [0.1, 0.15) is 141 Å². The summed E-state index contributed by atoms with van der Waals surface area (Å²) in [6.07, 6.45) is 22.3. The molecule has 0 radical (unpaired) electrons. The van der Waals surface area contributed by atoms with Gasteiger partial charge >= 0.3 is 11.9 Å². The molecule has 2 aliphatic rings. The molecule has 1 unspecified atom stereocenters. The van der Waals surface area contributed by atoms with E-state index in [9.17, 15) is 32.1 Å². The van der Waals surface area contributed by atoms with Crippen molar-refractivity contribution in [2.45, 2.75) is 146 Å². The number of aliphatic carboxylic acids is 2. The second-order valence-corrected chi connectivity index (χ2v) is 22.5. The molecule has 2 aromatic heterocycles. The molecule has 0 bridgehead atoms. The average Bonchev–Trinajstić information content (AvgIpc) is 3.91. The van der Waals surface area contributed by atoms with Crippen molar-refractivity contribution in [2.75, 3.05) is 53.6 Å². The van der Waals surface area contributed by atoms with Crippen LogP contribution in [0.4, 0.5) is 29.2 Å². The second-order valence-electron chi connectivity index (χ2n) is 20.4. The van der Waals surface area contributed by atoms with Crippen LogP contribution in [0.2, 0.25) is 10.6 Å². The van der Waals surface area contributed by atoms with Gasteiger partial charge < -0.3 is 31.1 Å². The van der Waals surface area contributed by atoms with Crippen LogP contribution in [0.15, 0.2) is 83.4 Å². The van der Waals surface area contributed by atoms with Crippen molar-refractivity contribution < 1.29 is 46.9 Å². The van der Waals surface area contributed by atoms with Gasteiger partial charge in [0.25, 0.3) is 10.1 Å². The first kappa shape index (κ1) is 61.5. The van der Waals surface area contributed by atoms with E-state index < -0.39 is 34.0 Å². The number of ketones is 2. The normalized spacial score (nSPS) is 16.2. The van der Waals surface area contributed by atoms with Gasteiger partial charge in [0.2, 0.25) is 34.1 Å². The van der Waals surface area contributed by atoms with E-state index >= 15 is 0 Å². The fourth-order valence-electron chi connectivity index (χ4n) is 10.1. The third-order valence-corrected chi connectivity index (χ3v) is 15.3. The highest BCUT2D eigenvalue weighted by molar-refractivity contribution is 7.85. The lowest BCUT2D eigenvalue weighted by Crippen LogP contribution is -2.29. The number of unbranched alkanes of at least 4 members (excludes halogenated alkanes) is 7. The minimum absolute atomic E-state index is 0.00432. The molecule has 1 atom stereocenters. The Balaban J connectivity index is 1.07. The second kappa shape index (κ2) is 29.0. The summed E-state index contributed by atoms with van der Waals surface area (Å²) in [5, 5.41) is 25.7. The Labute approximate surface area is 472 Å². The van der Waals surface area contributed by atoms with Crippen molar-refractivity contribution in [1.29, 1.82) is 0 Å². The van der Waals surface area contributed by atoms with Gasteiger partial charge in [0, 0.05) is 73.2 Å². The summed E-state index contributed by atoms with van der Waals surface area (Å²) in [6, 6.07) is 13.3. The number of halogens is 2. The molecule has 0 fully saturated rings. The van der Waals surface area contributed by atoms with E-state index in [1.165, 1.54) is 23.0 Å². The van der Waals surface area contributed by atoms with E-state index in [0.717, 1.165) is 94.1 Å². The zero-order valence-corrected chi connectivity index (χ0v) is 47.6. The smallest absolute Gasteiger partial charge is 0.322 e. The summed E-state index contributed by atoms with van der Waals surface area (Å²) in [5.41, 5.74) is 5.40. The first-order valence-corrected chi connectivity index (χ1v) is 29.1. The molecule has 0 amide bonds. The van der Waals surface area contributed by atoms with E-state index in [0.29, 0.717) is 44.5 Å². The summed E-state index contributed by atoms with van der Waals surface area (Å²) in [6.45, 7) is 9.25. The van der Waals surface area contributed by atoms with Crippen molar-refractivity contribution in [3.8, 4) is 0 Å². The summed E-state index contributed by atoms with van der Waals surface area (Å²) in [7, 11) is -4.45. The number of para-hydroxylation sites is 1. The standard InChI is InChI=1S/C56H71Cl2N11O9S/c1-5-6-32-69-43-25-18-17-24-41(43)56(4,31-19-9-12-22-38(70)21-11-7-16-28-47-62-50(57)64-52(63-47)60-36-48(72)73)46(69)27-15-8-14-26-45-55(2,3)42-34-40(79(76,77)78)29-30-44(42)68(45)33-20-10-13-23-39(71)35-59-53-65-51(58)66-54(67-53)61-37-49(74)75/h8,14-15,17-18,24-27,29-30,34H,5-7,9-13,16,19-23,28,31-33,35-37H2,1-4H3,(H5-,59,60,61,62,63,64,65,66,67,72,73,74,75,76,77,78)/p+1. The summed E-state index contributed by atoms with van der Waals surface area (Å²) < 4.78 is 36.8. The predicted octanol–water partition coefficient (Wildman–Crippen LogP) is 10.1. The number of nitrogens with zero attached hydrogens (tertiary/aromatic N) is 8. The Morgan fingerprint density at radius 1 is 0.684 bits per heavy atom. The van der Waals surface area contributed by atoms with Crippen LogP contribution in [-0.2, 0) is 46.5 Å². The van der Waals surface area contributed by atoms with Crippen LogP contribution < -0.4 is 20.9 Å². The monoisotopic (exact) mass is 1140 g/mol. The van der Waals surface area contributed by atoms with Gasteiger partial charge in [-0.15, -0.1) is 0 Å². The number of hydrogen-bond donors (Lipinski definition) is 6. The van der Waals surface area contributed by atoms with Gasteiger partial charge in [0.15, 0.2) is 11.5 Å². The highest BCUT2D eigenvalue weighted by Gasteiger charge is 2.45. The number of carboxylic acid groups (broad SMARTS) is 2. The van der Waals surface area contributed by atoms with Gasteiger partial charge in [0.05, 0.1) is 16.9 Å². The van der Waals surface area contributed by atoms with Crippen LogP contribution in [0.25, 0.3) is 0 Å². The van der Waals surface area contributed by atoms with E-state index in [1.54, 1.807) is 12.1 Å². The van der Waals surface area contributed by atoms with Crippen LogP contribution in [0.3, 0.4) is 0 Å². The van der Waals surface area contributed by atoms with Crippen LogP contribution >= 0.6 is 23.2 Å². The Hall–Kier alpha value is -6.68. The zero-order chi connectivity index (χ0) is 57.2. The molecule has 20 nitrogen and oxygen atoms in total. The fourth-order valence-corrected chi connectivity index (χ4v) is 10.9. The molecule has 4 aromatic rings. The quantitative estimate of drug-likeness (QED) is 0.0110. The van der Waals surface area contributed by atoms with Crippen molar-refractivity contribution >= 4 is 91.8 Å². The first-order valence-electron chi connectivity index (χ1n) is 26.9. The number of anilines is 4. The Kier molecular flexibility index (Phi) is 22.6. The number of nitrogens with one attached hydrogen (secondary N) is 3. The number of aryl methyl sites for hydroxylation is 1. The molecule has 0 saturated heterocycles. The number of carbonyl (C=O) groups is 4. The van der Waals surface area contributed by atoms with Gasteiger partial charge in [-0.25, -0.2) is 4.98 Å². The molecule has 6 N–H and O–H groups in total. The topological polar surface area (TPSA) is 283 Å². The number of carbonyl (C=O) groups excluding carboxylic acids is 2. The summed E-state index contributed by atoms with van der Waals surface area (Å²) in [4.78, 5) is 74.1. The zero-order valence-electron chi connectivity index (χ0n) is 45.3. The number of carboxylic acids is 2. The predicted molar refractivity (Wildman–Crippen MR) is 306 cm³/mol. The summed E-state index contributed by atoms with van der Waals surface area (Å²) >= 11 is 12.0. The van der Waals surface area contributed by atoms with Crippen LogP contribution in [-0.4, -0.2) is 120 Å². The number of Topliss-reactive ketones (excluding diaryl/α,β-unsaturated/α-hetero) is 2. The molecule has 424 valence electrons. The third-order valence-electron chi connectivity index (χ3n) is 14.1. The van der Waals surface area contributed by atoms with E-state index in [4.69, 9.17) is 33.4 Å². The molecule has 0 aliphatic carbocycles. The molecule has 23 heteroatoms. The summed E-state index contributed by atoms with van der Waals surface area (Å²) in [5.74, 6) is -1.37. The number of fused-ring (bicyclic) bond motifs is 2. The van der Waals surface area contributed by atoms with Gasteiger partial charge in [-0.1, -0.05) is 69.0 Å². The van der Waals surface area contributed by atoms with Gasteiger partial charge in [-0.3, -0.25) is 23.7 Å². The molecule has 2 aliphatic heterocycles. The number of benzene rings is 2. The number of rotatable bonds is 34. The van der Waals surface area contributed by atoms with Crippen molar-refractivity contribution in [1.82, 2.24) is 29.9 Å². The minimum atomic E-state index is -4.45. The average molecular weight is 1150 g/mol. The Morgan fingerprint density at radius 2 is 1.29 bits per heavy atom. The number of allylic oxidation sites excluding steroid dienone is 6. The molecule has 4 heterocycles. The maximum absolute atomic E-state index is 12.9. The lowest BCUT2D eigenvalue weighted by molar-refractivity contribution is -0.438. The van der Waals surface area contributed by atoms with Gasteiger partial charge in [-0.2, -0.15) is 37.9 Å². The van der Waals surface area contributed by atoms with E-state index in [-0.39, 0.29) is 63.4 Å². The molecule has 6 rings (SSSR count). The highest BCUT2D eigenvalue weighted by Crippen LogP contribution is 2.51. The van der Waals surface area contributed by atoms with E-state index in [1.807, 2.05) is 26.0 Å². The van der Waals surface area contributed by atoms with Crippen molar-refractivity contribution in [2.24, 2.45) is 0 Å². The molecule has 0 saturated carbocycles. The van der Waals surface area contributed by atoms with E-state index in [2.05, 4.69) is 112 Å². The molecular formula is C56H72Cl2N11O9S+. The largest absolute Gasteiger partial charge is 0.480 e. The van der Waals surface area contributed by atoms with Crippen LogP contribution in [0, 0.1) is 0 Å². The molecule has 2 aromatic carbocycles. The van der Waals surface area contributed by atoms with Gasteiger partial charge in [-0.05, 0) is 119 Å². The van der Waals surface area contributed by atoms with Gasteiger partial charge in [0.1, 0.15) is 31.2 Å². The minimum Gasteiger partial charge on any atom is -0.480 e. The lowest BCUT2D eigenvalue weighted by Gasteiger charge is -2.30. The maximum Gasteiger partial charge on any atom is 0.322 e. The van der Waals surface area contributed by atoms with Crippen molar-refractivity contribution in [3.63, 3.8) is 0 Å². The Morgan fingerprint density at radius 3 is 1.95 bits per heavy atom. The highest BCUT2D eigenvalue weighted by atomic mass is 35.5. The number of aromatic nitrogens is 6.